The van der Waals surface area contributed by atoms with Crippen LogP contribution in [0, 0.1) is 0 Å². The molecule has 7 heteroatoms. The number of rotatable bonds is 3. The van der Waals surface area contributed by atoms with E-state index in [1.165, 1.54) is 4.88 Å². The Bertz CT molecular complexity index is 511. The van der Waals surface area contributed by atoms with Crippen molar-refractivity contribution in [3.63, 3.8) is 0 Å². The summed E-state index contributed by atoms with van der Waals surface area (Å²) in [5.41, 5.74) is -0.447. The molecular weight excluding hydrogens is 388 g/mol. The molecule has 1 atom stereocenters. The van der Waals surface area contributed by atoms with Crippen molar-refractivity contribution in [1.82, 2.24) is 10.2 Å². The lowest BCUT2D eigenvalue weighted by Gasteiger charge is -2.34. The van der Waals surface area contributed by atoms with Crippen LogP contribution >= 0.6 is 38.9 Å². The highest BCUT2D eigenvalue weighted by atomic mass is 79.9. The minimum absolute atomic E-state index is 0.221. The van der Waals surface area contributed by atoms with E-state index in [4.69, 9.17) is 16.3 Å². The van der Waals surface area contributed by atoms with E-state index < -0.39 is 5.60 Å². The maximum atomic E-state index is 12.1. The van der Waals surface area contributed by atoms with E-state index in [-0.39, 0.29) is 6.09 Å². The van der Waals surface area contributed by atoms with Gasteiger partial charge in [-0.25, -0.2) is 4.79 Å². The Labute approximate surface area is 149 Å². The molecule has 0 spiro atoms. The largest absolute Gasteiger partial charge is 0.444 e. The normalized spacial score (nSPS) is 19.3. The molecule has 2 rings (SSSR count). The standard InChI is InChI=1S/C15H22BrClN2O2S/c1-15(2,3)21-14(20)19-6-4-5-10(9-19)18-8-11-7-12(16)13(17)22-11/h7,10,18H,4-6,8-9H2,1-3H3. The van der Waals surface area contributed by atoms with Crippen LogP contribution in [0.25, 0.3) is 0 Å². The SMILES string of the molecule is CC(C)(C)OC(=O)N1CCCC(NCc2cc(Br)c(Cl)s2)C1. The van der Waals surface area contributed by atoms with Crippen LogP contribution in [-0.4, -0.2) is 35.7 Å². The number of hydrogen-bond donors (Lipinski definition) is 1. The first kappa shape index (κ1) is 18.0. The third kappa shape index (κ3) is 5.41. The first-order valence-corrected chi connectivity index (χ1v) is 9.38. The number of thiophene rings is 1. The van der Waals surface area contributed by atoms with Gasteiger partial charge in [-0.2, -0.15) is 0 Å². The average Bonchev–Trinajstić information content (AvgIpc) is 2.74. The maximum absolute atomic E-state index is 12.1. The Morgan fingerprint density at radius 1 is 1.59 bits per heavy atom. The van der Waals surface area contributed by atoms with E-state index in [1.807, 2.05) is 26.8 Å². The molecule has 124 valence electrons. The molecule has 1 aromatic heterocycles. The van der Waals surface area contributed by atoms with Gasteiger partial charge in [-0.05, 0) is 55.6 Å². The smallest absolute Gasteiger partial charge is 0.410 e. The second kappa shape index (κ2) is 7.51. The zero-order valence-corrected chi connectivity index (χ0v) is 16.3. The fraction of sp³-hybridized carbons (Fsp3) is 0.667. The number of nitrogens with one attached hydrogen (secondary N) is 1. The molecule has 0 saturated carbocycles. The minimum Gasteiger partial charge on any atom is -0.444 e. The van der Waals surface area contributed by atoms with Gasteiger partial charge in [-0.1, -0.05) is 11.6 Å². The summed E-state index contributed by atoms with van der Waals surface area (Å²) >= 11 is 11.0. The average molecular weight is 410 g/mol. The van der Waals surface area contributed by atoms with Crippen LogP contribution in [-0.2, 0) is 11.3 Å². The number of amides is 1. The number of nitrogens with zero attached hydrogens (tertiary/aromatic N) is 1. The van der Waals surface area contributed by atoms with Gasteiger partial charge in [0.1, 0.15) is 9.94 Å². The van der Waals surface area contributed by atoms with Crippen molar-refractivity contribution < 1.29 is 9.53 Å². The molecule has 1 N–H and O–H groups in total. The van der Waals surface area contributed by atoms with E-state index >= 15 is 0 Å². The summed E-state index contributed by atoms with van der Waals surface area (Å²) < 4.78 is 7.16. The number of halogens is 2. The fourth-order valence-corrected chi connectivity index (χ4v) is 4.10. The molecule has 22 heavy (non-hydrogen) atoms. The number of carbonyl (C=O) groups excluding carboxylic acids is 1. The second-order valence-electron chi connectivity index (χ2n) is 6.48. The minimum atomic E-state index is -0.447. The topological polar surface area (TPSA) is 41.6 Å². The third-order valence-electron chi connectivity index (χ3n) is 3.33. The van der Waals surface area contributed by atoms with Crippen molar-refractivity contribution in [2.24, 2.45) is 0 Å². The highest BCUT2D eigenvalue weighted by molar-refractivity contribution is 9.10. The van der Waals surface area contributed by atoms with Gasteiger partial charge in [0, 0.05) is 35.0 Å². The Balaban J connectivity index is 1.84. The summed E-state index contributed by atoms with van der Waals surface area (Å²) in [5.74, 6) is 0. The predicted molar refractivity (Wildman–Crippen MR) is 94.7 cm³/mol. The van der Waals surface area contributed by atoms with Crippen LogP contribution in [0.1, 0.15) is 38.5 Å². The highest BCUT2D eigenvalue weighted by Gasteiger charge is 2.27. The van der Waals surface area contributed by atoms with Crippen LogP contribution in [0.15, 0.2) is 10.5 Å². The van der Waals surface area contributed by atoms with Crippen LogP contribution < -0.4 is 5.32 Å². The Kier molecular flexibility index (Phi) is 6.16. The lowest BCUT2D eigenvalue weighted by molar-refractivity contribution is 0.0187. The van der Waals surface area contributed by atoms with Gasteiger partial charge in [-0.3, -0.25) is 0 Å². The maximum Gasteiger partial charge on any atom is 0.410 e. The van der Waals surface area contributed by atoms with Gasteiger partial charge in [-0.15, -0.1) is 11.3 Å². The molecule has 1 aromatic rings. The number of likely N-dealkylation sites (tertiary alicyclic amines) is 1. The number of hydrogen-bond acceptors (Lipinski definition) is 4. The van der Waals surface area contributed by atoms with Crippen LogP contribution in [0.4, 0.5) is 4.79 Å². The summed E-state index contributed by atoms with van der Waals surface area (Å²) in [6.45, 7) is 7.90. The Morgan fingerprint density at radius 2 is 2.32 bits per heavy atom. The highest BCUT2D eigenvalue weighted by Crippen LogP contribution is 2.32. The molecule has 0 aliphatic carbocycles. The summed E-state index contributed by atoms with van der Waals surface area (Å²) in [4.78, 5) is 15.1. The van der Waals surface area contributed by atoms with Crippen molar-refractivity contribution >= 4 is 45.0 Å². The molecule has 1 unspecified atom stereocenters. The molecule has 0 aromatic carbocycles. The summed E-state index contributed by atoms with van der Waals surface area (Å²) in [7, 11) is 0. The number of piperidine rings is 1. The third-order valence-corrected chi connectivity index (χ3v) is 5.81. The number of carbonyl (C=O) groups is 1. The molecular formula is C15H22BrClN2O2S. The molecule has 0 radical (unpaired) electrons. The van der Waals surface area contributed by atoms with Crippen LogP contribution in [0.2, 0.25) is 4.34 Å². The fourth-order valence-electron chi connectivity index (χ4n) is 2.36. The molecule has 0 bridgehead atoms. The molecule has 1 saturated heterocycles. The molecule has 1 aliphatic heterocycles. The van der Waals surface area contributed by atoms with Crippen molar-refractivity contribution in [2.45, 2.75) is 51.8 Å². The van der Waals surface area contributed by atoms with Crippen molar-refractivity contribution in [1.29, 1.82) is 0 Å². The van der Waals surface area contributed by atoms with Gasteiger partial charge in [0.2, 0.25) is 0 Å². The monoisotopic (exact) mass is 408 g/mol. The number of ether oxygens (including phenoxy) is 1. The summed E-state index contributed by atoms with van der Waals surface area (Å²) in [5, 5.41) is 3.51. The van der Waals surface area contributed by atoms with Crippen molar-refractivity contribution in [2.75, 3.05) is 13.1 Å². The summed E-state index contributed by atoms with van der Waals surface area (Å²) in [6, 6.07) is 2.33. The van der Waals surface area contributed by atoms with E-state index in [2.05, 4.69) is 21.2 Å². The Hall–Kier alpha value is -0.300. The first-order chi connectivity index (χ1) is 10.2. The zero-order valence-electron chi connectivity index (χ0n) is 13.1. The zero-order chi connectivity index (χ0) is 16.3. The predicted octanol–water partition coefficient (Wildman–Crippen LogP) is 4.65. The van der Waals surface area contributed by atoms with E-state index in [1.54, 1.807) is 16.2 Å². The molecule has 1 amide bonds. The second-order valence-corrected chi connectivity index (χ2v) is 9.07. The van der Waals surface area contributed by atoms with E-state index in [9.17, 15) is 4.79 Å². The molecule has 2 heterocycles. The summed E-state index contributed by atoms with van der Waals surface area (Å²) in [6.07, 6.45) is 1.84. The molecule has 4 nitrogen and oxygen atoms in total. The van der Waals surface area contributed by atoms with E-state index in [0.717, 1.165) is 34.7 Å². The molecule has 1 aliphatic rings. The van der Waals surface area contributed by atoms with Gasteiger partial charge in [0.15, 0.2) is 0 Å². The lowest BCUT2D eigenvalue weighted by Crippen LogP contribution is -2.49. The van der Waals surface area contributed by atoms with Crippen LogP contribution in [0.3, 0.4) is 0 Å². The van der Waals surface area contributed by atoms with Gasteiger partial charge < -0.3 is 15.0 Å². The van der Waals surface area contributed by atoms with Gasteiger partial charge >= 0.3 is 6.09 Å². The van der Waals surface area contributed by atoms with Gasteiger partial charge in [0.05, 0.1) is 0 Å². The molecule has 1 fully saturated rings. The van der Waals surface area contributed by atoms with E-state index in [0.29, 0.717) is 12.6 Å². The lowest BCUT2D eigenvalue weighted by atomic mass is 10.1. The van der Waals surface area contributed by atoms with Gasteiger partial charge in [0.25, 0.3) is 0 Å². The Morgan fingerprint density at radius 3 is 2.91 bits per heavy atom. The van der Waals surface area contributed by atoms with Crippen LogP contribution in [0.5, 0.6) is 0 Å². The first-order valence-electron chi connectivity index (χ1n) is 7.39. The van der Waals surface area contributed by atoms with Crippen molar-refractivity contribution in [3.8, 4) is 0 Å². The van der Waals surface area contributed by atoms with Crippen molar-refractivity contribution in [3.05, 3.63) is 19.8 Å². The quantitative estimate of drug-likeness (QED) is 0.790.